The fraction of sp³-hybridized carbons (Fsp3) is 0.708. The number of nitrogens with two attached hydrogens (primary N) is 1. The van der Waals surface area contributed by atoms with Crippen LogP contribution in [0, 0.1) is 13.8 Å². The molecule has 7 heteroatoms. The predicted molar refractivity (Wildman–Crippen MR) is 128 cm³/mol. The topological polar surface area (TPSA) is 75.9 Å². The van der Waals surface area contributed by atoms with E-state index >= 15 is 0 Å². The summed E-state index contributed by atoms with van der Waals surface area (Å²) in [5.41, 5.74) is 10.0. The van der Waals surface area contributed by atoms with Gasteiger partial charge in [0.1, 0.15) is 11.6 Å². The molecule has 0 fully saturated rings. The Labute approximate surface area is 199 Å². The predicted octanol–water partition coefficient (Wildman–Crippen LogP) is 2.54. The summed E-state index contributed by atoms with van der Waals surface area (Å²) in [4.78, 5) is 9.53. The lowest BCUT2D eigenvalue weighted by Gasteiger charge is -2.01. The van der Waals surface area contributed by atoms with Gasteiger partial charge in [0.15, 0.2) is 12.2 Å². The van der Waals surface area contributed by atoms with E-state index in [9.17, 15) is 0 Å². The van der Waals surface area contributed by atoms with Gasteiger partial charge >= 0.3 is 0 Å². The van der Waals surface area contributed by atoms with Crippen LogP contribution in [0.2, 0.25) is 0 Å². The Morgan fingerprint density at radius 3 is 2.00 bits per heavy atom. The lowest BCUT2D eigenvalue weighted by molar-refractivity contribution is -0.689. The Kier molecular flexibility index (Phi) is 17.6. The molecule has 0 spiro atoms. The molecule has 2 aromatic rings. The zero-order valence-corrected chi connectivity index (χ0v) is 21.6. The molecule has 0 aromatic carbocycles. The SMILES string of the molecule is CCCCCCCCCCCC.Cc1ncc(C[n+]2csc(CCO)c2C)c(N)n1.[Cl-]. The molecule has 0 atom stereocenters. The Morgan fingerprint density at radius 2 is 1.52 bits per heavy atom. The summed E-state index contributed by atoms with van der Waals surface area (Å²) < 4.78 is 2.11. The van der Waals surface area contributed by atoms with E-state index in [4.69, 9.17) is 10.8 Å². The Hall–Kier alpha value is -1.24. The summed E-state index contributed by atoms with van der Waals surface area (Å²) >= 11 is 1.65. The summed E-state index contributed by atoms with van der Waals surface area (Å²) in [7, 11) is 0. The van der Waals surface area contributed by atoms with Crippen LogP contribution in [0.5, 0.6) is 0 Å². The number of nitrogens with zero attached hydrogens (tertiary/aromatic N) is 3. The quantitative estimate of drug-likeness (QED) is 0.348. The first kappa shape index (κ1) is 29.8. The van der Waals surface area contributed by atoms with Crippen molar-refractivity contribution in [3.05, 3.63) is 33.7 Å². The first-order chi connectivity index (χ1) is 14.5. The molecule has 0 saturated carbocycles. The number of halogens is 1. The van der Waals surface area contributed by atoms with E-state index in [1.54, 1.807) is 17.5 Å². The van der Waals surface area contributed by atoms with Crippen molar-refractivity contribution in [1.82, 2.24) is 9.97 Å². The Morgan fingerprint density at radius 1 is 0.968 bits per heavy atom. The van der Waals surface area contributed by atoms with Crippen molar-refractivity contribution in [2.24, 2.45) is 0 Å². The van der Waals surface area contributed by atoms with Crippen molar-refractivity contribution in [3.63, 3.8) is 0 Å². The van der Waals surface area contributed by atoms with Gasteiger partial charge < -0.3 is 23.2 Å². The minimum Gasteiger partial charge on any atom is -1.00 e. The number of nitrogen functional groups attached to an aromatic ring is 1. The van der Waals surface area contributed by atoms with Gasteiger partial charge in [-0.1, -0.05) is 89.4 Å². The van der Waals surface area contributed by atoms with Crippen LogP contribution in [0.15, 0.2) is 11.7 Å². The minimum atomic E-state index is 0. The van der Waals surface area contributed by atoms with Crippen LogP contribution in [0.25, 0.3) is 0 Å². The third-order valence-electron chi connectivity index (χ3n) is 5.31. The number of hydrogen-bond acceptors (Lipinski definition) is 5. The highest BCUT2D eigenvalue weighted by Crippen LogP contribution is 2.14. The molecule has 0 aliphatic rings. The van der Waals surface area contributed by atoms with Gasteiger partial charge in [-0.05, 0) is 6.92 Å². The molecule has 31 heavy (non-hydrogen) atoms. The van der Waals surface area contributed by atoms with Gasteiger partial charge in [-0.3, -0.25) is 0 Å². The van der Waals surface area contributed by atoms with E-state index in [-0.39, 0.29) is 19.0 Å². The van der Waals surface area contributed by atoms with Crippen molar-refractivity contribution in [2.45, 2.75) is 105 Å². The summed E-state index contributed by atoms with van der Waals surface area (Å²) in [5, 5.41) is 8.98. The van der Waals surface area contributed by atoms with Crippen molar-refractivity contribution < 1.29 is 22.1 Å². The van der Waals surface area contributed by atoms with Crippen molar-refractivity contribution >= 4 is 17.2 Å². The number of hydrogen-bond donors (Lipinski definition) is 2. The van der Waals surface area contributed by atoms with E-state index in [2.05, 4.69) is 28.4 Å². The van der Waals surface area contributed by atoms with Crippen LogP contribution in [-0.2, 0) is 13.0 Å². The molecule has 0 aliphatic heterocycles. The van der Waals surface area contributed by atoms with E-state index in [0.29, 0.717) is 24.6 Å². The second-order valence-corrected chi connectivity index (χ2v) is 8.93. The van der Waals surface area contributed by atoms with Crippen molar-refractivity contribution in [3.8, 4) is 0 Å². The second-order valence-electron chi connectivity index (χ2n) is 7.99. The molecule has 0 bridgehead atoms. The molecule has 178 valence electrons. The monoisotopic (exact) mass is 470 g/mol. The number of thiazole rings is 1. The Bertz CT molecular complexity index is 699. The van der Waals surface area contributed by atoms with Gasteiger partial charge in [-0.15, -0.1) is 0 Å². The number of anilines is 1. The standard InChI is InChI=1S/C12H17N4OS.C12H26.ClH/c1-8-11(3-4-17)18-7-16(8)6-10-5-14-9(2)15-12(10)13;1-3-5-7-9-11-12-10-8-6-4-2;/h5,7,17H,3-4,6H2,1-2H3,(H2,13,14,15);3-12H2,1-2H3;1H/q+1;;/p-1. The molecule has 0 amide bonds. The van der Waals surface area contributed by atoms with Crippen LogP contribution in [0.3, 0.4) is 0 Å². The number of aliphatic hydroxyl groups excluding tert-OH is 1. The van der Waals surface area contributed by atoms with E-state index in [0.717, 1.165) is 11.3 Å². The van der Waals surface area contributed by atoms with Gasteiger partial charge in [0, 0.05) is 26.1 Å². The number of aromatic nitrogens is 3. The minimum absolute atomic E-state index is 0. The van der Waals surface area contributed by atoms with Crippen LogP contribution in [0.1, 0.15) is 100 Å². The maximum atomic E-state index is 8.98. The van der Waals surface area contributed by atoms with Gasteiger partial charge in [-0.25, -0.2) is 9.97 Å². The number of aryl methyl sites for hydroxylation is 1. The Balaban J connectivity index is 0.000000612. The summed E-state index contributed by atoms with van der Waals surface area (Å²) in [6, 6.07) is 0. The van der Waals surface area contributed by atoms with Crippen LogP contribution < -0.4 is 22.7 Å². The van der Waals surface area contributed by atoms with Gasteiger partial charge in [0.25, 0.3) is 0 Å². The number of aliphatic hydroxyl groups is 1. The maximum Gasteiger partial charge on any atom is 0.225 e. The van der Waals surface area contributed by atoms with E-state index in [1.165, 1.54) is 69.1 Å². The lowest BCUT2D eigenvalue weighted by Crippen LogP contribution is -3.00. The smallest absolute Gasteiger partial charge is 0.225 e. The highest BCUT2D eigenvalue weighted by molar-refractivity contribution is 7.09. The molecule has 0 aliphatic carbocycles. The fourth-order valence-electron chi connectivity index (χ4n) is 3.33. The summed E-state index contributed by atoms with van der Waals surface area (Å²) in [6.45, 7) is 9.27. The summed E-state index contributed by atoms with van der Waals surface area (Å²) in [5.74, 6) is 1.22. The molecule has 0 unspecified atom stereocenters. The number of unbranched alkanes of at least 4 members (excludes halogenated alkanes) is 9. The molecule has 2 rings (SSSR count). The van der Waals surface area contributed by atoms with Gasteiger partial charge in [-0.2, -0.15) is 4.57 Å². The zero-order chi connectivity index (χ0) is 22.2. The fourth-order valence-corrected chi connectivity index (χ4v) is 4.31. The van der Waals surface area contributed by atoms with Gasteiger partial charge in [0.2, 0.25) is 5.51 Å². The van der Waals surface area contributed by atoms with E-state index < -0.39 is 0 Å². The third-order valence-corrected chi connectivity index (χ3v) is 6.46. The largest absolute Gasteiger partial charge is 1.00 e. The second kappa shape index (κ2) is 18.3. The lowest BCUT2D eigenvalue weighted by atomic mass is 10.1. The maximum absolute atomic E-state index is 8.98. The van der Waals surface area contributed by atoms with Crippen molar-refractivity contribution in [1.29, 1.82) is 0 Å². The molecule has 2 aromatic heterocycles. The van der Waals surface area contributed by atoms with Crippen LogP contribution in [-0.4, -0.2) is 21.7 Å². The molecule has 0 saturated heterocycles. The average Bonchev–Trinajstić information content (AvgIpc) is 3.06. The normalized spacial score (nSPS) is 10.4. The molecule has 5 nitrogen and oxygen atoms in total. The zero-order valence-electron chi connectivity index (χ0n) is 20.0. The molecule has 0 radical (unpaired) electrons. The molecule has 3 N–H and O–H groups in total. The highest BCUT2D eigenvalue weighted by Gasteiger charge is 2.17. The van der Waals surface area contributed by atoms with Gasteiger partial charge in [0.05, 0.1) is 10.4 Å². The first-order valence-corrected chi connectivity index (χ1v) is 12.6. The average molecular weight is 471 g/mol. The van der Waals surface area contributed by atoms with E-state index in [1.807, 2.05) is 19.4 Å². The first-order valence-electron chi connectivity index (χ1n) is 11.7. The number of rotatable bonds is 13. The van der Waals surface area contributed by atoms with Crippen LogP contribution >= 0.6 is 11.3 Å². The third kappa shape index (κ3) is 12.4. The molecular formula is C24H43ClN4OS. The molecule has 2 heterocycles. The van der Waals surface area contributed by atoms with Crippen LogP contribution in [0.4, 0.5) is 5.82 Å². The highest BCUT2D eigenvalue weighted by atomic mass is 35.5. The summed E-state index contributed by atoms with van der Waals surface area (Å²) in [6.07, 6.45) is 16.9. The molecular weight excluding hydrogens is 428 g/mol. The van der Waals surface area contributed by atoms with Crippen molar-refractivity contribution in [2.75, 3.05) is 12.3 Å².